The lowest BCUT2D eigenvalue weighted by atomic mass is 10.1. The summed E-state index contributed by atoms with van der Waals surface area (Å²) in [5.74, 6) is 0. The Labute approximate surface area is 101 Å². The van der Waals surface area contributed by atoms with Gasteiger partial charge in [-0.05, 0) is 48.5 Å². The highest BCUT2D eigenvalue weighted by Gasteiger charge is 2.08. The van der Waals surface area contributed by atoms with Crippen LogP contribution in [0.15, 0.2) is 22.8 Å². The van der Waals surface area contributed by atoms with Gasteiger partial charge in [-0.15, -0.1) is 0 Å². The van der Waals surface area contributed by atoms with Crippen molar-refractivity contribution < 1.29 is 0 Å². The van der Waals surface area contributed by atoms with Crippen LogP contribution in [0.1, 0.15) is 32.4 Å². The fourth-order valence-corrected chi connectivity index (χ4v) is 1.78. The molecule has 1 heterocycles. The van der Waals surface area contributed by atoms with E-state index in [9.17, 15) is 0 Å². The van der Waals surface area contributed by atoms with E-state index in [1.807, 2.05) is 12.3 Å². The standard InChI is InChI=1S/C12H19BrN2/c1-4-5-10(2)15(3)9-12-7-6-11(13)8-14-12/h6-8,10H,4-5,9H2,1-3H3. The molecule has 0 amide bonds. The van der Waals surface area contributed by atoms with Crippen LogP contribution in [0.5, 0.6) is 0 Å². The third-order valence-corrected chi connectivity index (χ3v) is 3.13. The van der Waals surface area contributed by atoms with E-state index < -0.39 is 0 Å². The molecule has 1 aromatic rings. The molecule has 2 nitrogen and oxygen atoms in total. The molecule has 1 aromatic heterocycles. The Morgan fingerprint density at radius 2 is 2.20 bits per heavy atom. The molecule has 0 aliphatic rings. The molecule has 1 atom stereocenters. The largest absolute Gasteiger partial charge is 0.298 e. The van der Waals surface area contributed by atoms with Crippen LogP contribution in [-0.4, -0.2) is 23.0 Å². The maximum Gasteiger partial charge on any atom is 0.0544 e. The Balaban J connectivity index is 2.50. The van der Waals surface area contributed by atoms with E-state index in [1.54, 1.807) is 0 Å². The van der Waals surface area contributed by atoms with Crippen LogP contribution in [0.3, 0.4) is 0 Å². The number of pyridine rings is 1. The van der Waals surface area contributed by atoms with Crippen LogP contribution < -0.4 is 0 Å². The van der Waals surface area contributed by atoms with Crippen molar-refractivity contribution in [2.45, 2.75) is 39.3 Å². The van der Waals surface area contributed by atoms with Gasteiger partial charge in [0.15, 0.2) is 0 Å². The summed E-state index contributed by atoms with van der Waals surface area (Å²) in [7, 11) is 2.16. The number of nitrogens with zero attached hydrogens (tertiary/aromatic N) is 2. The second kappa shape index (κ2) is 6.23. The highest BCUT2D eigenvalue weighted by atomic mass is 79.9. The molecule has 15 heavy (non-hydrogen) atoms. The minimum Gasteiger partial charge on any atom is -0.298 e. The van der Waals surface area contributed by atoms with Crippen LogP contribution in [0.25, 0.3) is 0 Å². The molecular formula is C12H19BrN2. The fraction of sp³-hybridized carbons (Fsp3) is 0.583. The van der Waals surface area contributed by atoms with Crippen LogP contribution in [0.2, 0.25) is 0 Å². The average molecular weight is 271 g/mol. The van der Waals surface area contributed by atoms with Crippen molar-refractivity contribution in [3.05, 3.63) is 28.5 Å². The van der Waals surface area contributed by atoms with Crippen molar-refractivity contribution in [2.75, 3.05) is 7.05 Å². The van der Waals surface area contributed by atoms with Gasteiger partial charge in [0.25, 0.3) is 0 Å². The smallest absolute Gasteiger partial charge is 0.0544 e. The lowest BCUT2D eigenvalue weighted by Gasteiger charge is -2.23. The molecule has 0 spiro atoms. The van der Waals surface area contributed by atoms with Gasteiger partial charge in [-0.3, -0.25) is 9.88 Å². The molecule has 1 unspecified atom stereocenters. The minimum atomic E-state index is 0.625. The second-order valence-corrected chi connectivity index (χ2v) is 4.94. The first kappa shape index (κ1) is 12.7. The Bertz CT molecular complexity index is 284. The molecule has 1 rings (SSSR count). The summed E-state index contributed by atoms with van der Waals surface area (Å²) in [5, 5.41) is 0. The van der Waals surface area contributed by atoms with Crippen molar-refractivity contribution in [3.8, 4) is 0 Å². The highest BCUT2D eigenvalue weighted by Crippen LogP contribution is 2.11. The van der Waals surface area contributed by atoms with Crippen LogP contribution in [-0.2, 0) is 6.54 Å². The first-order valence-electron chi connectivity index (χ1n) is 5.44. The van der Waals surface area contributed by atoms with E-state index in [2.05, 4.69) is 52.8 Å². The Morgan fingerprint density at radius 1 is 1.47 bits per heavy atom. The molecule has 0 fully saturated rings. The lowest BCUT2D eigenvalue weighted by molar-refractivity contribution is 0.234. The Kier molecular flexibility index (Phi) is 5.26. The van der Waals surface area contributed by atoms with Crippen molar-refractivity contribution in [1.29, 1.82) is 0 Å². The van der Waals surface area contributed by atoms with Crippen LogP contribution >= 0.6 is 15.9 Å². The fourth-order valence-electron chi connectivity index (χ4n) is 1.55. The number of rotatable bonds is 5. The van der Waals surface area contributed by atoms with Crippen molar-refractivity contribution >= 4 is 15.9 Å². The lowest BCUT2D eigenvalue weighted by Crippen LogP contribution is -2.28. The molecule has 0 radical (unpaired) electrons. The third-order valence-electron chi connectivity index (χ3n) is 2.66. The van der Waals surface area contributed by atoms with E-state index in [0.717, 1.165) is 16.7 Å². The molecule has 0 aromatic carbocycles. The van der Waals surface area contributed by atoms with Gasteiger partial charge in [-0.25, -0.2) is 0 Å². The summed E-state index contributed by atoms with van der Waals surface area (Å²) in [6, 6.07) is 4.74. The molecule has 3 heteroatoms. The van der Waals surface area contributed by atoms with Gasteiger partial charge in [-0.1, -0.05) is 13.3 Å². The zero-order valence-electron chi connectivity index (χ0n) is 9.70. The summed E-state index contributed by atoms with van der Waals surface area (Å²) in [6.45, 7) is 5.42. The highest BCUT2D eigenvalue weighted by molar-refractivity contribution is 9.10. The van der Waals surface area contributed by atoms with Gasteiger partial charge in [0, 0.05) is 23.3 Å². The van der Waals surface area contributed by atoms with Crippen LogP contribution in [0, 0.1) is 0 Å². The topological polar surface area (TPSA) is 16.1 Å². The van der Waals surface area contributed by atoms with E-state index in [4.69, 9.17) is 0 Å². The summed E-state index contributed by atoms with van der Waals surface area (Å²) < 4.78 is 1.04. The number of halogens is 1. The number of aromatic nitrogens is 1. The summed E-state index contributed by atoms with van der Waals surface area (Å²) in [6.07, 6.45) is 4.33. The van der Waals surface area contributed by atoms with Crippen LogP contribution in [0.4, 0.5) is 0 Å². The molecule has 0 N–H and O–H groups in total. The molecule has 0 aliphatic heterocycles. The SMILES string of the molecule is CCCC(C)N(C)Cc1ccc(Br)cn1. The predicted octanol–water partition coefficient (Wildman–Crippen LogP) is 3.46. The maximum absolute atomic E-state index is 4.37. The number of hydrogen-bond acceptors (Lipinski definition) is 2. The molecule has 84 valence electrons. The molecule has 0 bridgehead atoms. The number of hydrogen-bond donors (Lipinski definition) is 0. The molecule has 0 aliphatic carbocycles. The predicted molar refractivity (Wildman–Crippen MR) is 67.8 cm³/mol. The quantitative estimate of drug-likeness (QED) is 0.815. The second-order valence-electron chi connectivity index (χ2n) is 4.02. The van der Waals surface area contributed by atoms with E-state index in [1.165, 1.54) is 12.8 Å². The van der Waals surface area contributed by atoms with Gasteiger partial charge < -0.3 is 0 Å². The van der Waals surface area contributed by atoms with Gasteiger partial charge in [0.1, 0.15) is 0 Å². The Morgan fingerprint density at radius 3 is 2.73 bits per heavy atom. The van der Waals surface area contributed by atoms with Gasteiger partial charge in [0.05, 0.1) is 5.69 Å². The third kappa shape index (κ3) is 4.31. The van der Waals surface area contributed by atoms with Crippen molar-refractivity contribution in [3.63, 3.8) is 0 Å². The first-order chi connectivity index (χ1) is 7.13. The van der Waals surface area contributed by atoms with E-state index >= 15 is 0 Å². The maximum atomic E-state index is 4.37. The van der Waals surface area contributed by atoms with Crippen molar-refractivity contribution in [2.24, 2.45) is 0 Å². The monoisotopic (exact) mass is 270 g/mol. The zero-order valence-corrected chi connectivity index (χ0v) is 11.3. The van der Waals surface area contributed by atoms with Gasteiger partial charge in [-0.2, -0.15) is 0 Å². The normalized spacial score (nSPS) is 13.1. The minimum absolute atomic E-state index is 0.625. The molecular weight excluding hydrogens is 252 g/mol. The summed E-state index contributed by atoms with van der Waals surface area (Å²) >= 11 is 3.39. The summed E-state index contributed by atoms with van der Waals surface area (Å²) in [5.41, 5.74) is 1.13. The van der Waals surface area contributed by atoms with Crippen molar-refractivity contribution in [1.82, 2.24) is 9.88 Å². The zero-order chi connectivity index (χ0) is 11.3. The van der Waals surface area contributed by atoms with Gasteiger partial charge >= 0.3 is 0 Å². The molecule has 0 saturated carbocycles. The molecule has 0 saturated heterocycles. The average Bonchev–Trinajstić information content (AvgIpc) is 2.22. The Hall–Kier alpha value is -0.410. The van der Waals surface area contributed by atoms with Gasteiger partial charge in [0.2, 0.25) is 0 Å². The summed E-state index contributed by atoms with van der Waals surface area (Å²) in [4.78, 5) is 6.72. The van der Waals surface area contributed by atoms with E-state index in [0.29, 0.717) is 6.04 Å². The van der Waals surface area contributed by atoms with E-state index in [-0.39, 0.29) is 0 Å². The first-order valence-corrected chi connectivity index (χ1v) is 6.23.